The van der Waals surface area contributed by atoms with E-state index in [-0.39, 0.29) is 11.1 Å². The van der Waals surface area contributed by atoms with Gasteiger partial charge in [-0.2, -0.15) is 13.2 Å². The number of guanidine groups is 1. The monoisotopic (exact) mass is 419 g/mol. The van der Waals surface area contributed by atoms with Crippen LogP contribution in [0.4, 0.5) is 19.0 Å². The molecule has 1 aromatic heterocycles. The van der Waals surface area contributed by atoms with Gasteiger partial charge < -0.3 is 20.3 Å². The molecule has 0 bridgehead atoms. The number of aliphatic imine (C=N–C) groups is 1. The number of pyridine rings is 1. The highest BCUT2D eigenvalue weighted by Crippen LogP contribution is 2.34. The second kappa shape index (κ2) is 9.17. The topological polar surface area (TPSA) is 61.8 Å². The van der Waals surface area contributed by atoms with Crippen LogP contribution in [0.2, 0.25) is 5.02 Å². The maximum atomic E-state index is 12.8. The Morgan fingerprint density at radius 2 is 2.18 bits per heavy atom. The van der Waals surface area contributed by atoms with Crippen molar-refractivity contribution in [2.75, 3.05) is 44.8 Å². The highest BCUT2D eigenvalue weighted by atomic mass is 35.5. The third-order valence-electron chi connectivity index (χ3n) is 4.79. The van der Waals surface area contributed by atoms with Crippen molar-refractivity contribution in [3.05, 3.63) is 22.8 Å². The molecular weight excluding hydrogens is 395 g/mol. The Morgan fingerprint density at radius 1 is 1.39 bits per heavy atom. The molecule has 10 heteroatoms. The lowest BCUT2D eigenvalue weighted by Crippen LogP contribution is -2.45. The average molecular weight is 420 g/mol. The molecule has 1 unspecified atom stereocenters. The summed E-state index contributed by atoms with van der Waals surface area (Å²) in [7, 11) is 1.70. The van der Waals surface area contributed by atoms with E-state index in [1.54, 1.807) is 7.05 Å². The summed E-state index contributed by atoms with van der Waals surface area (Å²) in [5.74, 6) is 1.79. The molecule has 6 nitrogen and oxygen atoms in total. The Morgan fingerprint density at radius 3 is 2.82 bits per heavy atom. The zero-order valence-corrected chi connectivity index (χ0v) is 16.5. The number of hydrogen-bond donors (Lipinski definition) is 2. The highest BCUT2D eigenvalue weighted by molar-refractivity contribution is 6.33. The number of aromatic nitrogens is 1. The zero-order valence-electron chi connectivity index (χ0n) is 15.7. The Bertz CT molecular complexity index is 696. The minimum Gasteiger partial charge on any atom is -0.379 e. The maximum absolute atomic E-state index is 12.8. The normalized spacial score (nSPS) is 20.5. The molecule has 3 rings (SSSR count). The Labute approximate surface area is 167 Å². The van der Waals surface area contributed by atoms with Gasteiger partial charge in [0.05, 0.1) is 17.2 Å². The van der Waals surface area contributed by atoms with Crippen LogP contribution < -0.4 is 15.5 Å². The third-order valence-corrected chi connectivity index (χ3v) is 5.07. The van der Waals surface area contributed by atoms with Crippen LogP contribution in [0.25, 0.3) is 0 Å². The van der Waals surface area contributed by atoms with Crippen LogP contribution in [-0.2, 0) is 10.9 Å². The van der Waals surface area contributed by atoms with Crippen molar-refractivity contribution in [2.45, 2.75) is 31.5 Å². The Hall–Kier alpha value is -1.74. The molecule has 1 aliphatic heterocycles. The highest BCUT2D eigenvalue weighted by Gasteiger charge is 2.33. The first-order valence-corrected chi connectivity index (χ1v) is 9.77. The predicted molar refractivity (Wildman–Crippen MR) is 103 cm³/mol. The molecule has 156 valence electrons. The van der Waals surface area contributed by atoms with Crippen LogP contribution in [0.5, 0.6) is 0 Å². The second-order valence-corrected chi connectivity index (χ2v) is 7.53. The summed E-state index contributed by atoms with van der Waals surface area (Å²) < 4.78 is 43.9. The van der Waals surface area contributed by atoms with Crippen molar-refractivity contribution in [3.63, 3.8) is 0 Å². The quantitative estimate of drug-likeness (QED) is 0.404. The molecule has 0 aromatic carbocycles. The van der Waals surface area contributed by atoms with Crippen LogP contribution in [0.1, 0.15) is 24.8 Å². The van der Waals surface area contributed by atoms with Crippen molar-refractivity contribution >= 4 is 23.4 Å². The van der Waals surface area contributed by atoms with E-state index in [9.17, 15) is 13.2 Å². The van der Waals surface area contributed by atoms with Crippen LogP contribution in [-0.4, -0.2) is 56.9 Å². The molecule has 0 amide bonds. The van der Waals surface area contributed by atoms with Gasteiger partial charge in [-0.05, 0) is 31.2 Å². The predicted octanol–water partition coefficient (Wildman–Crippen LogP) is 2.92. The summed E-state index contributed by atoms with van der Waals surface area (Å²) in [6.07, 6.45) is -0.286. The molecule has 1 saturated carbocycles. The number of nitrogens with one attached hydrogen (secondary N) is 2. The van der Waals surface area contributed by atoms with Crippen molar-refractivity contribution in [2.24, 2.45) is 10.9 Å². The number of alkyl halides is 3. The van der Waals surface area contributed by atoms with Crippen LogP contribution in [0.3, 0.4) is 0 Å². The molecule has 0 radical (unpaired) electrons. The van der Waals surface area contributed by atoms with E-state index in [4.69, 9.17) is 16.3 Å². The smallest absolute Gasteiger partial charge is 0.379 e. The molecule has 1 aliphatic carbocycles. The third kappa shape index (κ3) is 5.88. The summed E-state index contributed by atoms with van der Waals surface area (Å²) in [6.45, 7) is 3.34. The number of hydrogen-bond acceptors (Lipinski definition) is 4. The molecule has 2 N–H and O–H groups in total. The van der Waals surface area contributed by atoms with Crippen molar-refractivity contribution < 1.29 is 17.9 Å². The van der Waals surface area contributed by atoms with E-state index in [1.165, 1.54) is 12.8 Å². The molecule has 28 heavy (non-hydrogen) atoms. The van der Waals surface area contributed by atoms with Gasteiger partial charge >= 0.3 is 6.18 Å². The molecule has 2 heterocycles. The van der Waals surface area contributed by atoms with Gasteiger partial charge in [-0.3, -0.25) is 4.99 Å². The number of ether oxygens (including phenoxy) is 1. The lowest BCUT2D eigenvalue weighted by molar-refractivity contribution is -0.137. The average Bonchev–Trinajstić information content (AvgIpc) is 3.36. The van der Waals surface area contributed by atoms with Gasteiger partial charge in [0.15, 0.2) is 5.96 Å². The number of rotatable bonds is 7. The van der Waals surface area contributed by atoms with E-state index in [0.29, 0.717) is 38.0 Å². The fourth-order valence-corrected chi connectivity index (χ4v) is 3.34. The van der Waals surface area contributed by atoms with Crippen LogP contribution in [0.15, 0.2) is 17.3 Å². The second-order valence-electron chi connectivity index (χ2n) is 7.12. The Balaban J connectivity index is 1.46. The first kappa shape index (κ1) is 21.0. The van der Waals surface area contributed by atoms with Crippen LogP contribution in [0, 0.1) is 5.92 Å². The van der Waals surface area contributed by atoms with Gasteiger partial charge in [-0.1, -0.05) is 11.6 Å². The van der Waals surface area contributed by atoms with E-state index in [2.05, 4.69) is 20.6 Å². The molecule has 2 fully saturated rings. The lowest BCUT2D eigenvalue weighted by Gasteiger charge is -2.21. The van der Waals surface area contributed by atoms with E-state index in [1.807, 2.05) is 4.90 Å². The molecule has 1 atom stereocenters. The molecular formula is C18H25ClF3N5O. The largest absolute Gasteiger partial charge is 0.417 e. The van der Waals surface area contributed by atoms with Gasteiger partial charge in [0.1, 0.15) is 5.82 Å². The van der Waals surface area contributed by atoms with Crippen LogP contribution >= 0.6 is 11.6 Å². The van der Waals surface area contributed by atoms with Gasteiger partial charge in [-0.15, -0.1) is 0 Å². The van der Waals surface area contributed by atoms with E-state index in [0.717, 1.165) is 31.2 Å². The van der Waals surface area contributed by atoms with Gasteiger partial charge in [0.2, 0.25) is 0 Å². The maximum Gasteiger partial charge on any atom is 0.417 e. The summed E-state index contributed by atoms with van der Waals surface area (Å²) in [5.41, 5.74) is -0.844. The first-order valence-electron chi connectivity index (χ1n) is 9.39. The molecule has 0 spiro atoms. The summed E-state index contributed by atoms with van der Waals surface area (Å²) >= 11 is 6.05. The van der Waals surface area contributed by atoms with Crippen molar-refractivity contribution in [1.82, 2.24) is 15.6 Å². The molecule has 1 saturated heterocycles. The standard InChI is InChI=1S/C18H25ClF3N5O/c1-23-17(24-5-7-28-11-12-2-3-12)26-14-4-6-27(10-14)16-15(19)8-13(9-25-16)18(20,21)22/h8-9,12,14H,2-7,10-11H2,1H3,(H2,23,24,26). The fraction of sp³-hybridized carbons (Fsp3) is 0.667. The van der Waals surface area contributed by atoms with Crippen molar-refractivity contribution in [3.8, 4) is 0 Å². The van der Waals surface area contributed by atoms with E-state index >= 15 is 0 Å². The summed E-state index contributed by atoms with van der Waals surface area (Å²) in [6, 6.07) is 1.02. The number of anilines is 1. The minimum absolute atomic E-state index is 0.00536. The first-order chi connectivity index (χ1) is 13.4. The number of nitrogens with zero attached hydrogens (tertiary/aromatic N) is 3. The van der Waals surface area contributed by atoms with Gasteiger partial charge in [0.25, 0.3) is 0 Å². The Kier molecular flexibility index (Phi) is 6.87. The zero-order chi connectivity index (χ0) is 20.1. The minimum atomic E-state index is -4.45. The van der Waals surface area contributed by atoms with Crippen molar-refractivity contribution in [1.29, 1.82) is 0 Å². The lowest BCUT2D eigenvalue weighted by atomic mass is 10.2. The summed E-state index contributed by atoms with van der Waals surface area (Å²) in [4.78, 5) is 10.0. The number of halogens is 4. The molecule has 1 aromatic rings. The van der Waals surface area contributed by atoms with Gasteiger partial charge in [0, 0.05) is 45.5 Å². The molecule has 2 aliphatic rings. The SMILES string of the molecule is CN=C(NCCOCC1CC1)NC1CCN(c2ncc(C(F)(F)F)cc2Cl)C1. The van der Waals surface area contributed by atoms with E-state index < -0.39 is 11.7 Å². The van der Waals surface area contributed by atoms with Gasteiger partial charge in [-0.25, -0.2) is 4.98 Å². The summed E-state index contributed by atoms with van der Waals surface area (Å²) in [5, 5.41) is 6.54. The fourth-order valence-electron chi connectivity index (χ4n) is 3.05.